The molecule has 2 aromatic heterocycles. The Labute approximate surface area is 125 Å². The molecule has 3 heterocycles. The highest BCUT2D eigenvalue weighted by Crippen LogP contribution is 2.28. The summed E-state index contributed by atoms with van der Waals surface area (Å²) in [6.07, 6.45) is 0. The van der Waals surface area contributed by atoms with Crippen molar-refractivity contribution in [3.8, 4) is 0 Å². The smallest absolute Gasteiger partial charge is 0.255 e. The summed E-state index contributed by atoms with van der Waals surface area (Å²) in [6.45, 7) is 14.8. The molecule has 1 N–H and O–H groups in total. The number of anilines is 1. The maximum Gasteiger partial charge on any atom is 0.255 e. The Kier molecular flexibility index (Phi) is 3.36. The number of aryl methyl sites for hydroxylation is 2. The van der Waals surface area contributed by atoms with Crippen molar-refractivity contribution in [2.24, 2.45) is 0 Å². The van der Waals surface area contributed by atoms with Crippen LogP contribution >= 0.6 is 0 Å². The maximum atomic E-state index is 4.67. The molecule has 0 amide bonds. The first kappa shape index (κ1) is 14.3. The van der Waals surface area contributed by atoms with Gasteiger partial charge in [0.05, 0.1) is 11.4 Å². The van der Waals surface area contributed by atoms with E-state index in [2.05, 4.69) is 64.4 Å². The van der Waals surface area contributed by atoms with Crippen molar-refractivity contribution in [1.29, 1.82) is 0 Å². The zero-order chi connectivity index (χ0) is 15.2. The van der Waals surface area contributed by atoms with E-state index in [1.54, 1.807) is 0 Å². The van der Waals surface area contributed by atoms with Crippen LogP contribution in [0.5, 0.6) is 0 Å². The van der Waals surface area contributed by atoms with Crippen LogP contribution < -0.4 is 10.2 Å². The van der Waals surface area contributed by atoms with E-state index < -0.39 is 0 Å². The number of piperazine rings is 1. The number of hydrogen-bond donors (Lipinski definition) is 1. The second-order valence-electron chi connectivity index (χ2n) is 6.78. The van der Waals surface area contributed by atoms with Gasteiger partial charge in [-0.1, -0.05) is 20.8 Å². The van der Waals surface area contributed by atoms with Crippen LogP contribution in [-0.4, -0.2) is 45.8 Å². The van der Waals surface area contributed by atoms with Gasteiger partial charge in [-0.05, 0) is 13.8 Å². The molecule has 6 heteroatoms. The van der Waals surface area contributed by atoms with Gasteiger partial charge in [0.25, 0.3) is 5.78 Å². The van der Waals surface area contributed by atoms with Crippen molar-refractivity contribution < 1.29 is 0 Å². The zero-order valence-corrected chi connectivity index (χ0v) is 13.6. The van der Waals surface area contributed by atoms with Gasteiger partial charge in [-0.25, -0.2) is 4.98 Å². The van der Waals surface area contributed by atoms with Crippen LogP contribution in [0.1, 0.15) is 38.0 Å². The topological polar surface area (TPSA) is 58.4 Å². The van der Waals surface area contributed by atoms with E-state index in [-0.39, 0.29) is 5.41 Å². The Morgan fingerprint density at radius 3 is 2.33 bits per heavy atom. The van der Waals surface area contributed by atoms with Gasteiger partial charge in [0.2, 0.25) is 0 Å². The van der Waals surface area contributed by atoms with E-state index in [0.29, 0.717) is 5.78 Å². The van der Waals surface area contributed by atoms with Crippen LogP contribution in [0.4, 0.5) is 5.69 Å². The molecular formula is C15H24N6. The molecule has 114 valence electrons. The van der Waals surface area contributed by atoms with Gasteiger partial charge in [0.15, 0.2) is 0 Å². The molecule has 21 heavy (non-hydrogen) atoms. The molecular weight excluding hydrogens is 264 g/mol. The quantitative estimate of drug-likeness (QED) is 0.860. The standard InChI is InChI=1S/C15H24N6/c1-10-12(20-8-6-16-7-9-20)11(2)21-13(15(3,4)5)18-19-14(21)17-10/h16H,6-9H2,1-5H3. The summed E-state index contributed by atoms with van der Waals surface area (Å²) in [5.74, 6) is 1.67. The molecule has 2 aromatic rings. The fraction of sp³-hybridized carbons (Fsp3) is 0.667. The van der Waals surface area contributed by atoms with Crippen molar-refractivity contribution >= 4 is 11.5 Å². The molecule has 0 unspecified atom stereocenters. The summed E-state index contributed by atoms with van der Waals surface area (Å²) in [5.41, 5.74) is 3.40. The summed E-state index contributed by atoms with van der Waals surface area (Å²) >= 11 is 0. The number of nitrogens with one attached hydrogen (secondary N) is 1. The van der Waals surface area contributed by atoms with Gasteiger partial charge >= 0.3 is 0 Å². The van der Waals surface area contributed by atoms with Crippen molar-refractivity contribution in [2.75, 3.05) is 31.1 Å². The fourth-order valence-electron chi connectivity index (χ4n) is 3.06. The minimum atomic E-state index is -0.0537. The molecule has 1 fully saturated rings. The molecule has 1 saturated heterocycles. The first-order valence-electron chi connectivity index (χ1n) is 7.58. The van der Waals surface area contributed by atoms with Crippen LogP contribution in [-0.2, 0) is 5.41 Å². The molecule has 0 atom stereocenters. The third-order valence-electron chi connectivity index (χ3n) is 4.04. The SMILES string of the molecule is Cc1nc2nnc(C(C)(C)C)n2c(C)c1N1CCNCC1. The predicted molar refractivity (Wildman–Crippen MR) is 84.0 cm³/mol. The number of nitrogens with zero attached hydrogens (tertiary/aromatic N) is 5. The van der Waals surface area contributed by atoms with Gasteiger partial charge in [0.1, 0.15) is 5.82 Å². The summed E-state index contributed by atoms with van der Waals surface area (Å²) < 4.78 is 2.12. The first-order valence-corrected chi connectivity index (χ1v) is 7.58. The van der Waals surface area contributed by atoms with Crippen molar-refractivity contribution in [3.05, 3.63) is 17.2 Å². The first-order chi connectivity index (χ1) is 9.89. The van der Waals surface area contributed by atoms with E-state index in [1.807, 2.05) is 0 Å². The summed E-state index contributed by atoms with van der Waals surface area (Å²) in [5, 5.41) is 12.0. The maximum absolute atomic E-state index is 4.67. The summed E-state index contributed by atoms with van der Waals surface area (Å²) in [4.78, 5) is 7.09. The van der Waals surface area contributed by atoms with Crippen molar-refractivity contribution in [2.45, 2.75) is 40.0 Å². The fourth-order valence-corrected chi connectivity index (χ4v) is 3.06. The van der Waals surface area contributed by atoms with Gasteiger partial charge in [-0.2, -0.15) is 0 Å². The van der Waals surface area contributed by atoms with E-state index >= 15 is 0 Å². The summed E-state index contributed by atoms with van der Waals surface area (Å²) in [6, 6.07) is 0. The number of hydrogen-bond acceptors (Lipinski definition) is 5. The normalized spacial score (nSPS) is 16.7. The Hall–Kier alpha value is -1.69. The third-order valence-corrected chi connectivity index (χ3v) is 4.04. The molecule has 1 aliphatic heterocycles. The molecule has 0 saturated carbocycles. The lowest BCUT2D eigenvalue weighted by atomic mass is 9.96. The van der Waals surface area contributed by atoms with Gasteiger partial charge in [-0.15, -0.1) is 10.2 Å². The highest BCUT2D eigenvalue weighted by molar-refractivity contribution is 5.58. The minimum absolute atomic E-state index is 0.0537. The molecule has 0 aliphatic carbocycles. The van der Waals surface area contributed by atoms with E-state index in [1.165, 1.54) is 11.4 Å². The van der Waals surface area contributed by atoms with Crippen molar-refractivity contribution in [1.82, 2.24) is 24.9 Å². The largest absolute Gasteiger partial charge is 0.366 e. The minimum Gasteiger partial charge on any atom is -0.366 e. The summed E-state index contributed by atoms with van der Waals surface area (Å²) in [7, 11) is 0. The molecule has 0 aromatic carbocycles. The molecule has 0 spiro atoms. The monoisotopic (exact) mass is 288 g/mol. The Morgan fingerprint density at radius 2 is 1.71 bits per heavy atom. The number of fused-ring (bicyclic) bond motifs is 1. The van der Waals surface area contributed by atoms with Crippen LogP contribution in [0, 0.1) is 13.8 Å². The lowest BCUT2D eigenvalue weighted by molar-refractivity contribution is 0.535. The van der Waals surface area contributed by atoms with Crippen LogP contribution in [0.2, 0.25) is 0 Å². The van der Waals surface area contributed by atoms with E-state index in [9.17, 15) is 0 Å². The molecule has 1 aliphatic rings. The second-order valence-corrected chi connectivity index (χ2v) is 6.78. The highest BCUT2D eigenvalue weighted by Gasteiger charge is 2.25. The van der Waals surface area contributed by atoms with Crippen LogP contribution in [0.15, 0.2) is 0 Å². The highest BCUT2D eigenvalue weighted by atomic mass is 15.3. The second kappa shape index (κ2) is 4.94. The zero-order valence-electron chi connectivity index (χ0n) is 13.6. The van der Waals surface area contributed by atoms with E-state index in [0.717, 1.165) is 37.7 Å². The van der Waals surface area contributed by atoms with E-state index in [4.69, 9.17) is 0 Å². The van der Waals surface area contributed by atoms with Gasteiger partial charge in [-0.3, -0.25) is 4.40 Å². The third kappa shape index (κ3) is 2.37. The lowest BCUT2D eigenvalue weighted by Crippen LogP contribution is -2.44. The molecule has 0 bridgehead atoms. The molecule has 6 nitrogen and oxygen atoms in total. The van der Waals surface area contributed by atoms with Gasteiger partial charge in [0, 0.05) is 37.3 Å². The number of rotatable bonds is 1. The Bertz CT molecular complexity index is 661. The number of aromatic nitrogens is 4. The Morgan fingerprint density at radius 1 is 1.05 bits per heavy atom. The average Bonchev–Trinajstić information content (AvgIpc) is 2.84. The van der Waals surface area contributed by atoms with Crippen LogP contribution in [0.25, 0.3) is 5.78 Å². The molecule has 0 radical (unpaired) electrons. The molecule has 3 rings (SSSR count). The average molecular weight is 288 g/mol. The lowest BCUT2D eigenvalue weighted by Gasteiger charge is -2.32. The van der Waals surface area contributed by atoms with Crippen molar-refractivity contribution in [3.63, 3.8) is 0 Å². The van der Waals surface area contributed by atoms with Gasteiger partial charge < -0.3 is 10.2 Å². The Balaban J connectivity index is 2.20. The predicted octanol–water partition coefficient (Wildman–Crippen LogP) is 1.45. The van der Waals surface area contributed by atoms with Crippen LogP contribution in [0.3, 0.4) is 0 Å².